The molecule has 10 nitrogen and oxygen atoms in total. The number of hydrogen-bond acceptors (Lipinski definition) is 6. The van der Waals surface area contributed by atoms with Crippen molar-refractivity contribution in [3.63, 3.8) is 0 Å². The number of likely N-dealkylation sites (tertiary alicyclic amines) is 1. The van der Waals surface area contributed by atoms with Crippen LogP contribution in [0.15, 0.2) is 48.8 Å². The van der Waals surface area contributed by atoms with Crippen molar-refractivity contribution in [2.24, 2.45) is 0 Å². The van der Waals surface area contributed by atoms with E-state index in [0.29, 0.717) is 42.0 Å². The van der Waals surface area contributed by atoms with Gasteiger partial charge >= 0.3 is 12.3 Å². The van der Waals surface area contributed by atoms with Crippen LogP contribution in [0.5, 0.6) is 0 Å². The second kappa shape index (κ2) is 10.1. The molecule has 1 aromatic carbocycles. The lowest BCUT2D eigenvalue weighted by Crippen LogP contribution is -2.38. The number of halogens is 4. The number of rotatable bonds is 4. The third-order valence-corrected chi connectivity index (χ3v) is 6.74. The van der Waals surface area contributed by atoms with Gasteiger partial charge in [-0.05, 0) is 37.1 Å². The van der Waals surface area contributed by atoms with Crippen molar-refractivity contribution in [3.05, 3.63) is 70.9 Å². The molecule has 202 valence electrons. The lowest BCUT2D eigenvalue weighted by molar-refractivity contribution is -0.137. The van der Waals surface area contributed by atoms with Gasteiger partial charge < -0.3 is 21.1 Å². The first-order valence-electron chi connectivity index (χ1n) is 11.8. The number of alkyl halides is 3. The Hall–Kier alpha value is -4.39. The summed E-state index contributed by atoms with van der Waals surface area (Å²) in [5.41, 5.74) is 6.91. The molecule has 0 spiro atoms. The fourth-order valence-electron chi connectivity index (χ4n) is 4.61. The van der Waals surface area contributed by atoms with E-state index in [4.69, 9.17) is 22.3 Å². The average Bonchev–Trinajstić information content (AvgIpc) is 3.33. The fourth-order valence-corrected chi connectivity index (χ4v) is 4.83. The van der Waals surface area contributed by atoms with Crippen molar-refractivity contribution in [1.29, 1.82) is 0 Å². The predicted octanol–water partition coefficient (Wildman–Crippen LogP) is 5.16. The second-order valence-corrected chi connectivity index (χ2v) is 9.38. The zero-order valence-corrected chi connectivity index (χ0v) is 20.9. The summed E-state index contributed by atoms with van der Waals surface area (Å²) in [5, 5.41) is 12.1. The first-order valence-corrected chi connectivity index (χ1v) is 12.2. The molecule has 0 saturated carbocycles. The predicted molar refractivity (Wildman–Crippen MR) is 137 cm³/mol. The number of nitrogen functional groups attached to an aromatic ring is 1. The monoisotopic (exact) mass is 559 g/mol. The third-order valence-electron chi connectivity index (χ3n) is 6.48. The average molecular weight is 560 g/mol. The third kappa shape index (κ3) is 5.17. The van der Waals surface area contributed by atoms with Gasteiger partial charge in [-0.3, -0.25) is 9.20 Å². The first-order chi connectivity index (χ1) is 18.5. The molecular weight excluding hydrogens is 539 g/mol. The van der Waals surface area contributed by atoms with E-state index in [-0.39, 0.29) is 34.8 Å². The van der Waals surface area contributed by atoms with E-state index < -0.39 is 23.7 Å². The zero-order valence-electron chi connectivity index (χ0n) is 20.1. The number of anilines is 2. The van der Waals surface area contributed by atoms with E-state index in [1.165, 1.54) is 23.2 Å². The normalized spacial score (nSPS) is 15.9. The summed E-state index contributed by atoms with van der Waals surface area (Å²) >= 11 is 6.48. The summed E-state index contributed by atoms with van der Waals surface area (Å²) in [5.74, 6) is -0.414. The number of carbonyl (C=O) groups is 2. The van der Waals surface area contributed by atoms with Crippen LogP contribution in [0, 0.1) is 0 Å². The standard InChI is InChI=1S/C25H21ClF3N7O3/c26-17-11-32-21(30)20-19(34-22(36(17)20)15-2-1-9-35(12-15)24(38)39)13-3-5-14(6-4-13)23(37)33-18-10-16(7-8-31-18)25(27,28)29/h3-8,10-11,15H,1-2,9,12H2,(H2,30,32)(H,38,39)(H,31,33,37)/t15-/m1/s1. The highest BCUT2D eigenvalue weighted by Crippen LogP contribution is 2.36. The number of carbonyl (C=O) groups excluding carboxylic acids is 1. The van der Waals surface area contributed by atoms with E-state index in [1.807, 2.05) is 0 Å². The maximum absolute atomic E-state index is 13.0. The molecule has 0 bridgehead atoms. The van der Waals surface area contributed by atoms with Gasteiger partial charge in [0.2, 0.25) is 0 Å². The summed E-state index contributed by atoms with van der Waals surface area (Å²) in [7, 11) is 0. The summed E-state index contributed by atoms with van der Waals surface area (Å²) in [6, 6.07) is 7.78. The van der Waals surface area contributed by atoms with Gasteiger partial charge in [0.05, 0.1) is 11.8 Å². The van der Waals surface area contributed by atoms with Crippen molar-refractivity contribution >= 4 is 40.8 Å². The van der Waals surface area contributed by atoms with Crippen LogP contribution >= 0.6 is 11.6 Å². The fraction of sp³-hybridized carbons (Fsp3) is 0.240. The number of nitrogens with two attached hydrogens (primary N) is 1. The number of fused-ring (bicyclic) bond motifs is 1. The number of nitrogens with zero attached hydrogens (tertiary/aromatic N) is 5. The van der Waals surface area contributed by atoms with E-state index in [1.54, 1.807) is 16.5 Å². The number of nitrogens with one attached hydrogen (secondary N) is 1. The Labute approximate surface area is 224 Å². The molecule has 5 rings (SSSR count). The van der Waals surface area contributed by atoms with Gasteiger partial charge in [-0.1, -0.05) is 23.7 Å². The molecule has 1 fully saturated rings. The lowest BCUT2D eigenvalue weighted by atomic mass is 9.97. The number of aromatic nitrogens is 4. The Morgan fingerprint density at radius 3 is 2.59 bits per heavy atom. The Kier molecular flexibility index (Phi) is 6.76. The van der Waals surface area contributed by atoms with Crippen LogP contribution in [0.3, 0.4) is 0 Å². The van der Waals surface area contributed by atoms with Gasteiger partial charge in [0.1, 0.15) is 33.8 Å². The van der Waals surface area contributed by atoms with Gasteiger partial charge in [0.15, 0.2) is 0 Å². The highest BCUT2D eigenvalue weighted by molar-refractivity contribution is 6.30. The molecule has 1 aliphatic rings. The van der Waals surface area contributed by atoms with Crippen molar-refractivity contribution < 1.29 is 27.9 Å². The minimum Gasteiger partial charge on any atom is -0.465 e. The Bertz CT molecular complexity index is 1570. The van der Waals surface area contributed by atoms with Gasteiger partial charge in [-0.2, -0.15) is 13.2 Å². The molecule has 4 N–H and O–H groups in total. The zero-order chi connectivity index (χ0) is 27.9. The molecule has 2 amide bonds. The second-order valence-electron chi connectivity index (χ2n) is 9.00. The Morgan fingerprint density at radius 2 is 1.90 bits per heavy atom. The maximum Gasteiger partial charge on any atom is 0.416 e. The molecule has 0 unspecified atom stereocenters. The molecule has 0 radical (unpaired) electrons. The SMILES string of the molecule is Nc1ncc(Cl)n2c([C@@H]3CCCN(C(=O)O)C3)nc(-c3ccc(C(=O)Nc4cc(C(F)(F)F)ccn4)cc3)c12. The molecule has 4 aromatic rings. The van der Waals surface area contributed by atoms with Crippen LogP contribution in [-0.4, -0.2) is 54.4 Å². The number of hydrogen-bond donors (Lipinski definition) is 3. The number of pyridine rings is 1. The van der Waals surface area contributed by atoms with Gasteiger partial charge in [0, 0.05) is 36.3 Å². The van der Waals surface area contributed by atoms with E-state index in [0.717, 1.165) is 18.3 Å². The Morgan fingerprint density at radius 1 is 1.15 bits per heavy atom. The van der Waals surface area contributed by atoms with Crippen molar-refractivity contribution in [3.8, 4) is 11.3 Å². The molecule has 1 saturated heterocycles. The maximum atomic E-state index is 13.0. The van der Waals surface area contributed by atoms with Crippen LogP contribution in [0.4, 0.5) is 29.6 Å². The molecule has 1 aliphatic heterocycles. The topological polar surface area (TPSA) is 139 Å². The Balaban J connectivity index is 1.46. The highest BCUT2D eigenvalue weighted by atomic mass is 35.5. The summed E-state index contributed by atoms with van der Waals surface area (Å²) in [4.78, 5) is 38.3. The minimum absolute atomic E-state index is 0.163. The number of piperidine rings is 1. The molecular formula is C25H21ClF3N7O3. The van der Waals surface area contributed by atoms with Crippen molar-refractivity contribution in [2.45, 2.75) is 24.9 Å². The number of amides is 2. The molecule has 14 heteroatoms. The van der Waals surface area contributed by atoms with Gasteiger partial charge in [-0.25, -0.2) is 19.7 Å². The highest BCUT2D eigenvalue weighted by Gasteiger charge is 2.31. The van der Waals surface area contributed by atoms with E-state index >= 15 is 0 Å². The number of benzene rings is 1. The molecule has 4 heterocycles. The lowest BCUT2D eigenvalue weighted by Gasteiger charge is -2.30. The van der Waals surface area contributed by atoms with Crippen molar-refractivity contribution in [1.82, 2.24) is 24.3 Å². The van der Waals surface area contributed by atoms with Crippen LogP contribution in [0.25, 0.3) is 16.8 Å². The molecule has 1 atom stereocenters. The van der Waals surface area contributed by atoms with Gasteiger partial charge in [-0.15, -0.1) is 0 Å². The number of carboxylic acid groups (broad SMARTS) is 1. The van der Waals surface area contributed by atoms with Crippen LogP contribution in [0.1, 0.15) is 40.5 Å². The van der Waals surface area contributed by atoms with E-state index in [9.17, 15) is 27.9 Å². The van der Waals surface area contributed by atoms with Crippen LogP contribution in [0.2, 0.25) is 5.15 Å². The molecule has 0 aliphatic carbocycles. The summed E-state index contributed by atoms with van der Waals surface area (Å²) < 4.78 is 40.6. The van der Waals surface area contributed by atoms with Gasteiger partial charge in [0.25, 0.3) is 5.91 Å². The van der Waals surface area contributed by atoms with Crippen molar-refractivity contribution in [2.75, 3.05) is 24.1 Å². The van der Waals surface area contributed by atoms with Crippen LogP contribution in [-0.2, 0) is 6.18 Å². The number of imidazole rings is 1. The first kappa shape index (κ1) is 26.2. The van der Waals surface area contributed by atoms with Crippen LogP contribution < -0.4 is 11.1 Å². The summed E-state index contributed by atoms with van der Waals surface area (Å²) in [6.45, 7) is 0.675. The summed E-state index contributed by atoms with van der Waals surface area (Å²) in [6.07, 6.45) is -1.87. The molecule has 39 heavy (non-hydrogen) atoms. The van der Waals surface area contributed by atoms with E-state index in [2.05, 4.69) is 15.3 Å². The molecule has 3 aromatic heterocycles. The minimum atomic E-state index is -4.57. The quantitative estimate of drug-likeness (QED) is 0.314. The largest absolute Gasteiger partial charge is 0.465 e. The smallest absolute Gasteiger partial charge is 0.416 e.